The Morgan fingerprint density at radius 2 is 1.32 bits per heavy atom. The lowest BCUT2D eigenvalue weighted by Gasteiger charge is -2.08. The van der Waals surface area contributed by atoms with Crippen LogP contribution in [0, 0.1) is 0 Å². The van der Waals surface area contributed by atoms with Gasteiger partial charge < -0.3 is 14.2 Å². The second-order valence-electron chi connectivity index (χ2n) is 11.2. The summed E-state index contributed by atoms with van der Waals surface area (Å²) in [6.07, 6.45) is 19.5. The molecule has 6 nitrogen and oxygen atoms in total. The third-order valence-corrected chi connectivity index (χ3v) is 7.56. The molecule has 3 aromatic rings. The van der Waals surface area contributed by atoms with E-state index in [0.717, 1.165) is 49.1 Å². The van der Waals surface area contributed by atoms with Gasteiger partial charge in [0, 0.05) is 17.8 Å². The first-order valence-corrected chi connectivity index (χ1v) is 16.4. The Morgan fingerprint density at radius 1 is 0.705 bits per heavy atom. The molecule has 236 valence electrons. The van der Waals surface area contributed by atoms with Crippen LogP contribution in [-0.2, 0) is 16.0 Å². The van der Waals surface area contributed by atoms with Crippen LogP contribution in [0.4, 0.5) is 0 Å². The molecule has 44 heavy (non-hydrogen) atoms. The summed E-state index contributed by atoms with van der Waals surface area (Å²) in [5.41, 5.74) is 3.64. The lowest BCUT2D eigenvalue weighted by atomic mass is 10.1. The zero-order valence-electron chi connectivity index (χ0n) is 26.4. The van der Waals surface area contributed by atoms with Crippen LogP contribution >= 0.6 is 0 Å². The molecule has 1 heterocycles. The number of nitrogens with zero attached hydrogens (tertiary/aromatic N) is 1. The number of benzene rings is 2. The summed E-state index contributed by atoms with van der Waals surface area (Å²) >= 11 is 0. The molecule has 0 saturated heterocycles. The van der Waals surface area contributed by atoms with Crippen LogP contribution in [-0.4, -0.2) is 30.1 Å². The first-order chi connectivity index (χ1) is 21.6. The molecule has 0 bridgehead atoms. The van der Waals surface area contributed by atoms with Crippen molar-refractivity contribution in [2.45, 2.75) is 96.8 Å². The Kier molecular flexibility index (Phi) is 16.4. The minimum absolute atomic E-state index is 0.341. The van der Waals surface area contributed by atoms with E-state index in [0.29, 0.717) is 24.5 Å². The van der Waals surface area contributed by atoms with Crippen molar-refractivity contribution >= 4 is 11.9 Å². The quantitative estimate of drug-likeness (QED) is 0.0495. The van der Waals surface area contributed by atoms with Crippen molar-refractivity contribution in [1.82, 2.24) is 4.98 Å². The van der Waals surface area contributed by atoms with Crippen molar-refractivity contribution in [2.75, 3.05) is 13.2 Å². The maximum absolute atomic E-state index is 12.7. The van der Waals surface area contributed by atoms with Gasteiger partial charge in [0.1, 0.15) is 11.5 Å². The maximum Gasteiger partial charge on any atom is 0.343 e. The fourth-order valence-corrected chi connectivity index (χ4v) is 4.91. The maximum atomic E-state index is 12.7. The van der Waals surface area contributed by atoms with Gasteiger partial charge in [0.2, 0.25) is 0 Å². The second kappa shape index (κ2) is 20.9. The molecule has 0 amide bonds. The molecule has 0 unspecified atom stereocenters. The zero-order chi connectivity index (χ0) is 31.2. The molecule has 0 aliphatic carbocycles. The number of pyridine rings is 1. The topological polar surface area (TPSA) is 74.7 Å². The van der Waals surface area contributed by atoms with E-state index in [-0.39, 0.29) is 5.97 Å². The van der Waals surface area contributed by atoms with Crippen LogP contribution in [0.5, 0.6) is 11.5 Å². The van der Waals surface area contributed by atoms with Gasteiger partial charge in [0.25, 0.3) is 0 Å². The van der Waals surface area contributed by atoms with Crippen molar-refractivity contribution in [3.8, 4) is 22.8 Å². The number of hydrogen-bond acceptors (Lipinski definition) is 6. The lowest BCUT2D eigenvalue weighted by Crippen LogP contribution is -2.08. The van der Waals surface area contributed by atoms with Gasteiger partial charge in [-0.15, -0.1) is 0 Å². The van der Waals surface area contributed by atoms with Crippen LogP contribution < -0.4 is 9.47 Å². The van der Waals surface area contributed by atoms with Crippen LogP contribution in [0.15, 0.2) is 79.5 Å². The molecule has 0 atom stereocenters. The van der Waals surface area contributed by atoms with Crippen molar-refractivity contribution in [2.24, 2.45) is 0 Å². The molecule has 0 N–H and O–H groups in total. The molecule has 0 fully saturated rings. The van der Waals surface area contributed by atoms with Crippen molar-refractivity contribution < 1.29 is 23.8 Å². The first-order valence-electron chi connectivity index (χ1n) is 16.4. The Morgan fingerprint density at radius 3 is 1.93 bits per heavy atom. The fourth-order valence-electron chi connectivity index (χ4n) is 4.91. The van der Waals surface area contributed by atoms with E-state index in [1.54, 1.807) is 24.3 Å². The average Bonchev–Trinajstić information content (AvgIpc) is 3.06. The SMILES string of the molecule is C=CC(=O)OCCCCCCCCCCCOc1ccc(C(=O)Oc2ccc(-c3ccc(CCCCCC)cn3)cc2)cc1. The van der Waals surface area contributed by atoms with Gasteiger partial charge in [-0.2, -0.15) is 0 Å². The summed E-state index contributed by atoms with van der Waals surface area (Å²) in [7, 11) is 0. The average molecular weight is 600 g/mol. The highest BCUT2D eigenvalue weighted by atomic mass is 16.5. The normalized spacial score (nSPS) is 10.8. The van der Waals surface area contributed by atoms with Gasteiger partial charge in [-0.1, -0.05) is 83.8 Å². The second-order valence-corrected chi connectivity index (χ2v) is 11.2. The highest BCUT2D eigenvalue weighted by Gasteiger charge is 2.10. The number of esters is 2. The Labute approximate surface area is 263 Å². The summed E-state index contributed by atoms with van der Waals surface area (Å²) in [4.78, 5) is 28.3. The van der Waals surface area contributed by atoms with E-state index >= 15 is 0 Å². The number of carbonyl (C=O) groups excluding carboxylic acids is 2. The van der Waals surface area contributed by atoms with Gasteiger partial charge in [-0.05, 0) is 85.8 Å². The largest absolute Gasteiger partial charge is 0.494 e. The molecule has 0 aliphatic heterocycles. The van der Waals surface area contributed by atoms with Crippen molar-refractivity contribution in [3.63, 3.8) is 0 Å². The number of hydrogen-bond donors (Lipinski definition) is 0. The summed E-state index contributed by atoms with van der Waals surface area (Å²) in [6, 6.07) is 18.8. The minimum Gasteiger partial charge on any atom is -0.494 e. The van der Waals surface area contributed by atoms with E-state index in [4.69, 9.17) is 14.2 Å². The molecule has 3 rings (SSSR count). The third-order valence-electron chi connectivity index (χ3n) is 7.56. The molecule has 6 heteroatoms. The molecule has 0 spiro atoms. The van der Waals surface area contributed by atoms with E-state index in [2.05, 4.69) is 30.6 Å². The fraction of sp³-hybridized carbons (Fsp3) is 0.447. The number of ether oxygens (including phenoxy) is 3. The summed E-state index contributed by atoms with van der Waals surface area (Å²) in [5, 5.41) is 0. The van der Waals surface area contributed by atoms with Crippen LogP contribution in [0.3, 0.4) is 0 Å². The minimum atomic E-state index is -0.397. The first kappa shape index (κ1) is 34.6. The molecular formula is C38H49NO5. The van der Waals surface area contributed by atoms with E-state index in [9.17, 15) is 9.59 Å². The third kappa shape index (κ3) is 13.6. The van der Waals surface area contributed by atoms with Crippen molar-refractivity contribution in [3.05, 3.63) is 90.6 Å². The predicted molar refractivity (Wildman–Crippen MR) is 177 cm³/mol. The zero-order valence-corrected chi connectivity index (χ0v) is 26.4. The van der Waals surface area contributed by atoms with Crippen LogP contribution in [0.25, 0.3) is 11.3 Å². The summed E-state index contributed by atoms with van der Waals surface area (Å²) in [6.45, 7) is 6.76. The Bertz CT molecular complexity index is 1240. The van der Waals surface area contributed by atoms with Gasteiger partial charge in [-0.25, -0.2) is 9.59 Å². The summed E-state index contributed by atoms with van der Waals surface area (Å²) in [5.74, 6) is 0.514. The molecule has 1 aromatic heterocycles. The van der Waals surface area contributed by atoms with E-state index in [1.165, 1.54) is 69.4 Å². The predicted octanol–water partition coefficient (Wildman–Crippen LogP) is 9.71. The summed E-state index contributed by atoms with van der Waals surface area (Å²) < 4.78 is 16.4. The van der Waals surface area contributed by atoms with Gasteiger partial charge in [0.05, 0.1) is 24.5 Å². The monoisotopic (exact) mass is 599 g/mol. The van der Waals surface area contributed by atoms with Crippen molar-refractivity contribution in [1.29, 1.82) is 0 Å². The smallest absolute Gasteiger partial charge is 0.343 e. The molecule has 2 aromatic carbocycles. The van der Waals surface area contributed by atoms with Gasteiger partial charge in [0.15, 0.2) is 0 Å². The number of rotatable bonds is 22. The van der Waals surface area contributed by atoms with Crippen LogP contribution in [0.2, 0.25) is 0 Å². The molecule has 0 saturated carbocycles. The number of unbranched alkanes of at least 4 members (excludes halogenated alkanes) is 11. The van der Waals surface area contributed by atoms with Crippen LogP contribution in [0.1, 0.15) is 106 Å². The molecule has 0 radical (unpaired) electrons. The molecular weight excluding hydrogens is 550 g/mol. The molecule has 0 aliphatic rings. The number of aromatic nitrogens is 1. The highest BCUT2D eigenvalue weighted by Crippen LogP contribution is 2.23. The number of aryl methyl sites for hydroxylation is 1. The Balaban J connectivity index is 1.27. The van der Waals surface area contributed by atoms with E-state index in [1.807, 2.05) is 30.5 Å². The highest BCUT2D eigenvalue weighted by molar-refractivity contribution is 5.91. The lowest BCUT2D eigenvalue weighted by molar-refractivity contribution is -0.137. The standard InChI is InChI=1S/C38H49NO5/c1-3-5-6-14-17-31-18-27-36(39-30-31)32-19-25-35(26-20-32)44-38(41)33-21-23-34(24-22-33)42-28-15-12-10-8-7-9-11-13-16-29-43-37(40)4-2/h4,18-27,30H,2-3,5-17,28-29H2,1H3. The van der Waals surface area contributed by atoms with Gasteiger partial charge >= 0.3 is 11.9 Å². The van der Waals surface area contributed by atoms with Gasteiger partial charge in [-0.3, -0.25) is 4.98 Å². The Hall–Kier alpha value is -3.93. The van der Waals surface area contributed by atoms with E-state index < -0.39 is 5.97 Å². The number of carbonyl (C=O) groups is 2.